The van der Waals surface area contributed by atoms with Crippen LogP contribution in [0.25, 0.3) is 4.85 Å². The van der Waals surface area contributed by atoms with Crippen LogP contribution in [0.5, 0.6) is 0 Å². The molecule has 1 saturated heterocycles. The van der Waals surface area contributed by atoms with E-state index in [4.69, 9.17) is 11.3 Å². The maximum absolute atomic E-state index is 13.8. The van der Waals surface area contributed by atoms with Crippen LogP contribution in [0.2, 0.25) is 0 Å². The molecule has 2 unspecified atom stereocenters. The van der Waals surface area contributed by atoms with Crippen LogP contribution in [-0.4, -0.2) is 50.2 Å². The maximum Gasteiger partial charge on any atom is 0.411 e. The van der Waals surface area contributed by atoms with Gasteiger partial charge in [0.05, 0.1) is 11.3 Å². The summed E-state index contributed by atoms with van der Waals surface area (Å²) in [7, 11) is -1.62. The van der Waals surface area contributed by atoms with Gasteiger partial charge in [-0.25, -0.2) is 24.4 Å². The van der Waals surface area contributed by atoms with E-state index in [1.165, 1.54) is 0 Å². The van der Waals surface area contributed by atoms with Gasteiger partial charge in [-0.05, 0) is 41.5 Å². The SMILES string of the molecule is [C-]#[N+]C(NS(=O)C(C)(C)C)[C@@H]1CC(F)(F)CN1C(=O)OC(C)(C)C. The number of carbonyl (C=O) groups is 1. The van der Waals surface area contributed by atoms with E-state index < -0.39 is 58.5 Å². The second-order valence-corrected chi connectivity index (χ2v) is 9.81. The van der Waals surface area contributed by atoms with Gasteiger partial charge in [0, 0.05) is 6.42 Å². The van der Waals surface area contributed by atoms with Gasteiger partial charge in [-0.15, -0.1) is 0 Å². The molecule has 0 saturated carbocycles. The average molecular weight is 365 g/mol. The first kappa shape index (κ1) is 20.8. The molecule has 0 spiro atoms. The van der Waals surface area contributed by atoms with Gasteiger partial charge in [-0.1, -0.05) is 0 Å². The number of carbonyl (C=O) groups excluding carboxylic acids is 1. The van der Waals surface area contributed by atoms with Gasteiger partial charge in [0.15, 0.2) is 0 Å². The Kier molecular flexibility index (Phi) is 5.99. The molecule has 138 valence electrons. The van der Waals surface area contributed by atoms with Gasteiger partial charge < -0.3 is 4.74 Å². The molecule has 1 aliphatic heterocycles. The van der Waals surface area contributed by atoms with E-state index in [1.807, 2.05) is 0 Å². The summed E-state index contributed by atoms with van der Waals surface area (Å²) in [4.78, 5) is 16.4. The summed E-state index contributed by atoms with van der Waals surface area (Å²) in [6.45, 7) is 16.4. The summed E-state index contributed by atoms with van der Waals surface area (Å²) >= 11 is 0. The minimum absolute atomic E-state index is 0.666. The highest BCUT2D eigenvalue weighted by molar-refractivity contribution is 7.84. The molecule has 1 heterocycles. The molecule has 1 N–H and O–H groups in total. The molecule has 1 aliphatic rings. The zero-order valence-corrected chi connectivity index (χ0v) is 15.7. The van der Waals surface area contributed by atoms with Crippen LogP contribution >= 0.6 is 0 Å². The van der Waals surface area contributed by atoms with E-state index in [1.54, 1.807) is 41.5 Å². The Labute approximate surface area is 144 Å². The third-order valence-electron chi connectivity index (χ3n) is 3.23. The topological polar surface area (TPSA) is 63.0 Å². The van der Waals surface area contributed by atoms with Crippen molar-refractivity contribution < 1.29 is 22.5 Å². The Bertz CT molecular complexity index is 550. The van der Waals surface area contributed by atoms with Gasteiger partial charge >= 0.3 is 12.3 Å². The Hall–Kier alpha value is -1.27. The number of rotatable bonds is 3. The zero-order chi connectivity index (χ0) is 18.9. The second-order valence-electron chi connectivity index (χ2n) is 7.81. The predicted octanol–water partition coefficient (Wildman–Crippen LogP) is 2.93. The standard InChI is InChI=1S/C15H25F2N3O3S/c1-13(2,3)23-12(21)20-9-15(16,17)8-10(20)11(18-7)19-24(22)14(4,5)6/h10-11,19H,8-9H2,1-6H3/t10-,11?,24?/m0/s1. The van der Waals surface area contributed by atoms with Crippen molar-refractivity contribution in [3.8, 4) is 0 Å². The van der Waals surface area contributed by atoms with E-state index >= 15 is 0 Å². The molecule has 0 radical (unpaired) electrons. The van der Waals surface area contributed by atoms with Crippen molar-refractivity contribution in [2.24, 2.45) is 0 Å². The van der Waals surface area contributed by atoms with Crippen molar-refractivity contribution >= 4 is 17.1 Å². The molecule has 0 aromatic heterocycles. The van der Waals surface area contributed by atoms with Crippen LogP contribution in [0.15, 0.2) is 0 Å². The second kappa shape index (κ2) is 6.92. The average Bonchev–Trinajstić information content (AvgIpc) is 2.68. The van der Waals surface area contributed by atoms with Gasteiger partial charge in [0.2, 0.25) is 0 Å². The highest BCUT2D eigenvalue weighted by Crippen LogP contribution is 2.35. The molecule has 9 heteroatoms. The smallest absolute Gasteiger partial charge is 0.411 e. The summed E-state index contributed by atoms with van der Waals surface area (Å²) < 4.78 is 47.0. The van der Waals surface area contributed by atoms with E-state index in [9.17, 15) is 17.8 Å². The molecule has 0 aromatic rings. The van der Waals surface area contributed by atoms with Crippen LogP contribution in [0, 0.1) is 6.57 Å². The Morgan fingerprint density at radius 3 is 2.33 bits per heavy atom. The molecule has 0 aliphatic carbocycles. The molecular formula is C15H25F2N3O3S. The van der Waals surface area contributed by atoms with Crippen molar-refractivity contribution in [2.45, 2.75) is 76.4 Å². The fourth-order valence-electron chi connectivity index (χ4n) is 2.13. The lowest BCUT2D eigenvalue weighted by molar-refractivity contribution is -0.00252. The molecule has 6 nitrogen and oxygen atoms in total. The van der Waals surface area contributed by atoms with Crippen LogP contribution in [0.3, 0.4) is 0 Å². The van der Waals surface area contributed by atoms with Crippen LogP contribution in [-0.2, 0) is 15.7 Å². The van der Waals surface area contributed by atoms with Crippen molar-refractivity contribution in [1.29, 1.82) is 0 Å². The van der Waals surface area contributed by atoms with E-state index in [2.05, 4.69) is 9.57 Å². The molecule has 0 aromatic carbocycles. The van der Waals surface area contributed by atoms with E-state index in [-0.39, 0.29) is 0 Å². The molecular weight excluding hydrogens is 340 g/mol. The normalized spacial score (nSPS) is 23.5. The molecule has 1 fully saturated rings. The van der Waals surface area contributed by atoms with Crippen LogP contribution in [0.1, 0.15) is 48.0 Å². The molecule has 1 rings (SSSR count). The summed E-state index contributed by atoms with van der Waals surface area (Å²) in [6, 6.07) is -1.11. The predicted molar refractivity (Wildman–Crippen MR) is 87.7 cm³/mol. The maximum atomic E-state index is 13.8. The number of nitrogens with zero attached hydrogens (tertiary/aromatic N) is 2. The Morgan fingerprint density at radius 1 is 1.38 bits per heavy atom. The summed E-state index contributed by atoms with van der Waals surface area (Å²) in [5.41, 5.74) is -0.839. The monoisotopic (exact) mass is 365 g/mol. The molecule has 0 bridgehead atoms. The number of nitrogens with one attached hydrogen (secondary N) is 1. The number of amides is 1. The first-order valence-corrected chi connectivity index (χ1v) is 8.73. The minimum Gasteiger partial charge on any atom is -0.444 e. The van der Waals surface area contributed by atoms with Gasteiger partial charge in [0.1, 0.15) is 22.6 Å². The summed E-state index contributed by atoms with van der Waals surface area (Å²) in [6.07, 6.45) is -2.78. The van der Waals surface area contributed by atoms with E-state index in [0.29, 0.717) is 0 Å². The van der Waals surface area contributed by atoms with Crippen molar-refractivity contribution in [1.82, 2.24) is 9.62 Å². The van der Waals surface area contributed by atoms with Gasteiger partial charge in [-0.3, -0.25) is 9.74 Å². The summed E-state index contributed by atoms with van der Waals surface area (Å²) in [5.74, 6) is -3.12. The molecule has 3 atom stereocenters. The Morgan fingerprint density at radius 2 is 1.92 bits per heavy atom. The number of ether oxygens (including phenoxy) is 1. The van der Waals surface area contributed by atoms with Crippen molar-refractivity contribution in [3.63, 3.8) is 0 Å². The van der Waals surface area contributed by atoms with Crippen molar-refractivity contribution in [2.75, 3.05) is 6.54 Å². The number of hydrogen-bond acceptors (Lipinski definition) is 3. The largest absolute Gasteiger partial charge is 0.444 e. The molecule has 1 amide bonds. The lowest BCUT2D eigenvalue weighted by Crippen LogP contribution is -2.51. The van der Waals surface area contributed by atoms with Gasteiger partial charge in [-0.2, -0.15) is 4.72 Å². The third-order valence-corrected chi connectivity index (χ3v) is 4.79. The quantitative estimate of drug-likeness (QED) is 0.782. The highest BCUT2D eigenvalue weighted by atomic mass is 32.2. The number of likely N-dealkylation sites (tertiary alicyclic amines) is 1. The van der Waals surface area contributed by atoms with Gasteiger partial charge in [0.25, 0.3) is 5.92 Å². The van der Waals surface area contributed by atoms with Crippen LogP contribution in [0.4, 0.5) is 13.6 Å². The lowest BCUT2D eigenvalue weighted by Gasteiger charge is -2.29. The zero-order valence-electron chi connectivity index (χ0n) is 14.9. The Balaban J connectivity index is 3.01. The number of halogens is 2. The first-order chi connectivity index (χ1) is 10.7. The first-order valence-electron chi connectivity index (χ1n) is 7.58. The van der Waals surface area contributed by atoms with E-state index in [0.717, 1.165) is 4.90 Å². The summed E-state index contributed by atoms with van der Waals surface area (Å²) in [5, 5.41) is 0. The molecule has 24 heavy (non-hydrogen) atoms. The fraction of sp³-hybridized carbons (Fsp3) is 0.867. The minimum atomic E-state index is -3.12. The lowest BCUT2D eigenvalue weighted by atomic mass is 10.1. The van der Waals surface area contributed by atoms with Crippen molar-refractivity contribution in [3.05, 3.63) is 11.4 Å². The third kappa shape index (κ3) is 5.67. The highest BCUT2D eigenvalue weighted by Gasteiger charge is 2.54. The number of hydrogen-bond donors (Lipinski definition) is 1. The van der Waals surface area contributed by atoms with Crippen LogP contribution < -0.4 is 4.72 Å². The fourth-order valence-corrected chi connectivity index (χ4v) is 2.91. The number of alkyl halides is 2.